The molecule has 20 heavy (non-hydrogen) atoms. The Labute approximate surface area is 117 Å². The van der Waals surface area contributed by atoms with Crippen molar-refractivity contribution in [2.24, 2.45) is 5.73 Å². The summed E-state index contributed by atoms with van der Waals surface area (Å²) in [6, 6.07) is 5.93. The van der Waals surface area contributed by atoms with Crippen molar-refractivity contribution in [2.75, 3.05) is 26.2 Å². The molecule has 2 aromatic rings. The van der Waals surface area contributed by atoms with Gasteiger partial charge in [0.15, 0.2) is 0 Å². The molecule has 5 heteroatoms. The normalized spacial score (nSPS) is 22.2. The standard InChI is InChI=1S/C15H19FN2O2/c1-2-18-5-6-19-14(9-18)15(17)13-8-10-7-11(16)3-4-12(10)20-13/h3-4,7-8,14-15H,2,5-6,9,17H2,1H3. The molecule has 1 aliphatic rings. The maximum absolute atomic E-state index is 13.2. The fourth-order valence-electron chi connectivity index (χ4n) is 2.62. The van der Waals surface area contributed by atoms with Crippen molar-refractivity contribution in [2.45, 2.75) is 19.1 Å². The fourth-order valence-corrected chi connectivity index (χ4v) is 2.62. The highest BCUT2D eigenvalue weighted by Crippen LogP contribution is 2.27. The highest BCUT2D eigenvalue weighted by Gasteiger charge is 2.28. The van der Waals surface area contributed by atoms with Crippen LogP contribution in [-0.4, -0.2) is 37.2 Å². The minimum atomic E-state index is -0.334. The highest BCUT2D eigenvalue weighted by molar-refractivity contribution is 5.78. The molecule has 1 saturated heterocycles. The first kappa shape index (κ1) is 13.5. The number of fused-ring (bicyclic) bond motifs is 1. The number of hydrogen-bond donors (Lipinski definition) is 1. The van der Waals surface area contributed by atoms with Crippen LogP contribution in [0.4, 0.5) is 4.39 Å². The smallest absolute Gasteiger partial charge is 0.134 e. The van der Waals surface area contributed by atoms with Crippen LogP contribution in [0.25, 0.3) is 11.0 Å². The van der Waals surface area contributed by atoms with E-state index in [1.807, 2.05) is 0 Å². The van der Waals surface area contributed by atoms with Gasteiger partial charge in [0.2, 0.25) is 0 Å². The first-order valence-electron chi connectivity index (χ1n) is 6.96. The Morgan fingerprint density at radius 3 is 3.10 bits per heavy atom. The average Bonchev–Trinajstić information content (AvgIpc) is 2.89. The molecule has 0 aliphatic carbocycles. The third-order valence-corrected chi connectivity index (χ3v) is 3.85. The first-order valence-corrected chi connectivity index (χ1v) is 6.96. The van der Waals surface area contributed by atoms with E-state index < -0.39 is 0 Å². The first-order chi connectivity index (χ1) is 9.67. The van der Waals surface area contributed by atoms with Gasteiger partial charge >= 0.3 is 0 Å². The molecule has 0 spiro atoms. The van der Waals surface area contributed by atoms with Crippen molar-refractivity contribution in [1.82, 2.24) is 4.90 Å². The third kappa shape index (κ3) is 2.57. The summed E-state index contributed by atoms with van der Waals surface area (Å²) in [5.41, 5.74) is 6.90. The van der Waals surface area contributed by atoms with Crippen LogP contribution in [0.2, 0.25) is 0 Å². The van der Waals surface area contributed by atoms with Crippen LogP contribution >= 0.6 is 0 Å². The number of benzene rings is 1. The Bertz CT molecular complexity index is 599. The maximum atomic E-state index is 13.2. The zero-order valence-electron chi connectivity index (χ0n) is 11.5. The molecule has 108 valence electrons. The summed E-state index contributed by atoms with van der Waals surface area (Å²) in [7, 11) is 0. The van der Waals surface area contributed by atoms with Crippen LogP contribution < -0.4 is 5.73 Å². The Kier molecular flexibility index (Phi) is 3.74. The molecule has 1 fully saturated rings. The van der Waals surface area contributed by atoms with E-state index in [0.29, 0.717) is 18.0 Å². The van der Waals surface area contributed by atoms with E-state index >= 15 is 0 Å². The molecule has 3 rings (SSSR count). The Balaban J connectivity index is 1.82. The Hall–Kier alpha value is -1.43. The van der Waals surface area contributed by atoms with E-state index in [-0.39, 0.29) is 18.0 Å². The minimum absolute atomic E-state index is 0.0888. The molecule has 0 saturated carbocycles. The zero-order valence-corrected chi connectivity index (χ0v) is 11.5. The predicted octanol–water partition coefficient (Wildman–Crippen LogP) is 2.29. The average molecular weight is 278 g/mol. The molecule has 1 aromatic carbocycles. The predicted molar refractivity (Wildman–Crippen MR) is 75.0 cm³/mol. The quantitative estimate of drug-likeness (QED) is 0.936. The van der Waals surface area contributed by atoms with E-state index in [2.05, 4.69) is 11.8 Å². The van der Waals surface area contributed by atoms with E-state index in [1.165, 1.54) is 12.1 Å². The zero-order chi connectivity index (χ0) is 14.1. The molecule has 2 N–H and O–H groups in total. The lowest BCUT2D eigenvalue weighted by Gasteiger charge is -2.34. The number of ether oxygens (including phenoxy) is 1. The van der Waals surface area contributed by atoms with E-state index in [9.17, 15) is 4.39 Å². The number of nitrogens with two attached hydrogens (primary N) is 1. The van der Waals surface area contributed by atoms with Gasteiger partial charge in [-0.2, -0.15) is 0 Å². The summed E-state index contributed by atoms with van der Waals surface area (Å²) in [5, 5.41) is 0.735. The van der Waals surface area contributed by atoms with Crippen molar-refractivity contribution in [1.29, 1.82) is 0 Å². The number of nitrogens with zero attached hydrogens (tertiary/aromatic N) is 1. The molecule has 4 nitrogen and oxygen atoms in total. The summed E-state index contributed by atoms with van der Waals surface area (Å²) < 4.78 is 24.7. The van der Waals surface area contributed by atoms with Crippen molar-refractivity contribution >= 4 is 11.0 Å². The Morgan fingerprint density at radius 2 is 2.30 bits per heavy atom. The number of hydrogen-bond acceptors (Lipinski definition) is 4. The van der Waals surface area contributed by atoms with Gasteiger partial charge in [-0.05, 0) is 30.8 Å². The molecule has 2 unspecified atom stereocenters. The monoisotopic (exact) mass is 278 g/mol. The highest BCUT2D eigenvalue weighted by atomic mass is 19.1. The lowest BCUT2D eigenvalue weighted by Crippen LogP contribution is -2.46. The summed E-state index contributed by atoms with van der Waals surface area (Å²) in [4.78, 5) is 2.30. The molecule has 2 heterocycles. The summed E-state index contributed by atoms with van der Waals surface area (Å²) in [6.07, 6.45) is -0.0888. The van der Waals surface area contributed by atoms with Gasteiger partial charge in [0, 0.05) is 18.5 Å². The van der Waals surface area contributed by atoms with Gasteiger partial charge in [0.1, 0.15) is 17.2 Å². The van der Waals surface area contributed by atoms with Gasteiger partial charge in [-0.3, -0.25) is 4.90 Å². The molecule has 0 radical (unpaired) electrons. The van der Waals surface area contributed by atoms with Gasteiger partial charge in [-0.1, -0.05) is 6.92 Å². The SMILES string of the molecule is CCN1CCOC(C(N)c2cc3cc(F)ccc3o2)C1. The van der Waals surface area contributed by atoms with Gasteiger partial charge < -0.3 is 14.9 Å². The van der Waals surface area contributed by atoms with Crippen molar-refractivity contribution in [3.8, 4) is 0 Å². The second-order valence-corrected chi connectivity index (χ2v) is 5.16. The van der Waals surface area contributed by atoms with Gasteiger partial charge in [0.25, 0.3) is 0 Å². The fraction of sp³-hybridized carbons (Fsp3) is 0.467. The summed E-state index contributed by atoms with van der Waals surface area (Å²) in [5.74, 6) is 0.373. The molecule has 0 bridgehead atoms. The van der Waals surface area contributed by atoms with Gasteiger partial charge in [0.05, 0.1) is 18.8 Å². The number of furan rings is 1. The lowest BCUT2D eigenvalue weighted by atomic mass is 10.1. The number of likely N-dealkylation sites (N-methyl/N-ethyl adjacent to an activating group) is 1. The third-order valence-electron chi connectivity index (χ3n) is 3.85. The number of rotatable bonds is 3. The van der Waals surface area contributed by atoms with Crippen LogP contribution in [0.5, 0.6) is 0 Å². The molecular formula is C15H19FN2O2. The second kappa shape index (κ2) is 5.52. The van der Waals surface area contributed by atoms with Gasteiger partial charge in [-0.25, -0.2) is 4.39 Å². The minimum Gasteiger partial charge on any atom is -0.459 e. The van der Waals surface area contributed by atoms with Crippen LogP contribution in [0.3, 0.4) is 0 Å². The molecule has 1 aliphatic heterocycles. The Morgan fingerprint density at radius 1 is 1.45 bits per heavy atom. The van der Waals surface area contributed by atoms with Crippen molar-refractivity contribution in [3.05, 3.63) is 35.8 Å². The van der Waals surface area contributed by atoms with Crippen LogP contribution in [0.15, 0.2) is 28.7 Å². The van der Waals surface area contributed by atoms with Crippen LogP contribution in [-0.2, 0) is 4.74 Å². The van der Waals surface area contributed by atoms with Gasteiger partial charge in [-0.15, -0.1) is 0 Å². The van der Waals surface area contributed by atoms with Crippen LogP contribution in [0.1, 0.15) is 18.7 Å². The lowest BCUT2D eigenvalue weighted by molar-refractivity contribution is -0.0419. The molecular weight excluding hydrogens is 259 g/mol. The topological polar surface area (TPSA) is 51.6 Å². The molecule has 0 amide bonds. The molecule has 2 atom stereocenters. The number of halogens is 1. The number of morpholine rings is 1. The van der Waals surface area contributed by atoms with E-state index in [0.717, 1.165) is 25.0 Å². The maximum Gasteiger partial charge on any atom is 0.134 e. The molecule has 1 aromatic heterocycles. The van der Waals surface area contributed by atoms with E-state index in [4.69, 9.17) is 14.9 Å². The summed E-state index contributed by atoms with van der Waals surface area (Å²) >= 11 is 0. The second-order valence-electron chi connectivity index (χ2n) is 5.16. The largest absolute Gasteiger partial charge is 0.459 e. The summed E-state index contributed by atoms with van der Waals surface area (Å²) in [6.45, 7) is 5.52. The van der Waals surface area contributed by atoms with Crippen molar-refractivity contribution in [3.63, 3.8) is 0 Å². The van der Waals surface area contributed by atoms with Crippen molar-refractivity contribution < 1.29 is 13.5 Å². The van der Waals surface area contributed by atoms with E-state index in [1.54, 1.807) is 12.1 Å². The van der Waals surface area contributed by atoms with Crippen LogP contribution in [0, 0.1) is 5.82 Å².